The predicted molar refractivity (Wildman–Crippen MR) is 192 cm³/mol. The molecular formula is C42H30N4O5. The second kappa shape index (κ2) is 13.2. The number of hydrogen-bond donors (Lipinski definition) is 0. The van der Waals surface area contributed by atoms with Crippen molar-refractivity contribution in [2.75, 3.05) is 6.79 Å². The average Bonchev–Trinajstić information content (AvgIpc) is 3.82. The van der Waals surface area contributed by atoms with Crippen molar-refractivity contribution in [3.8, 4) is 40.3 Å². The topological polar surface area (TPSA) is 107 Å². The zero-order chi connectivity index (χ0) is 34.9. The third kappa shape index (κ3) is 6.00. The van der Waals surface area contributed by atoms with Gasteiger partial charge in [-0.3, -0.25) is 14.5 Å². The molecule has 0 fully saturated rings. The number of nitrogens with zero attached hydrogens (tertiary/aromatic N) is 4. The first-order valence-electron chi connectivity index (χ1n) is 16.4. The molecule has 3 heterocycles. The monoisotopic (exact) mass is 670 g/mol. The van der Waals surface area contributed by atoms with E-state index in [2.05, 4.69) is 24.3 Å². The number of rotatable bonds is 8. The lowest BCUT2D eigenvalue weighted by Gasteiger charge is -2.27. The van der Waals surface area contributed by atoms with Crippen molar-refractivity contribution in [3.05, 3.63) is 155 Å². The number of hydrogen-bond acceptors (Lipinski definition) is 7. The van der Waals surface area contributed by atoms with E-state index in [4.69, 9.17) is 19.3 Å². The van der Waals surface area contributed by atoms with E-state index in [0.717, 1.165) is 32.5 Å². The van der Waals surface area contributed by atoms with Gasteiger partial charge in [0.15, 0.2) is 11.5 Å². The molecule has 0 atom stereocenters. The molecule has 2 aliphatic heterocycles. The summed E-state index contributed by atoms with van der Waals surface area (Å²) in [6.45, 7) is 2.10. The van der Waals surface area contributed by atoms with Crippen LogP contribution in [0.25, 0.3) is 33.8 Å². The van der Waals surface area contributed by atoms with Gasteiger partial charge in [-0.2, -0.15) is 10.4 Å². The maximum absolute atomic E-state index is 14.1. The zero-order valence-electron chi connectivity index (χ0n) is 27.6. The summed E-state index contributed by atoms with van der Waals surface area (Å²) in [5.41, 5.74) is 5.09. The van der Waals surface area contributed by atoms with Crippen molar-refractivity contribution in [2.45, 2.75) is 20.1 Å². The Balaban J connectivity index is 1.13. The Bertz CT molecular complexity index is 2430. The SMILES string of the molecule is CC1=C(C#N)C(=O)N(Cc2ccc3c(c2)OCO3)C(=O)/C1=C/c1cn(-c2ccccc2)nc1-c1ccc(OCc2cccc3ccccc23)cc1. The van der Waals surface area contributed by atoms with Crippen molar-refractivity contribution >= 4 is 28.7 Å². The Morgan fingerprint density at radius 2 is 1.63 bits per heavy atom. The van der Waals surface area contributed by atoms with Crippen LogP contribution >= 0.6 is 0 Å². The lowest BCUT2D eigenvalue weighted by Crippen LogP contribution is -2.42. The van der Waals surface area contributed by atoms with E-state index in [9.17, 15) is 14.9 Å². The highest BCUT2D eigenvalue weighted by molar-refractivity contribution is 6.19. The number of para-hydroxylation sites is 1. The fourth-order valence-electron chi connectivity index (χ4n) is 6.37. The second-order valence-electron chi connectivity index (χ2n) is 12.2. The quantitative estimate of drug-likeness (QED) is 0.120. The summed E-state index contributed by atoms with van der Waals surface area (Å²) in [4.78, 5) is 28.6. The van der Waals surface area contributed by atoms with E-state index < -0.39 is 11.8 Å². The molecule has 0 N–H and O–H groups in total. The summed E-state index contributed by atoms with van der Waals surface area (Å²) in [5.74, 6) is 0.678. The predicted octanol–water partition coefficient (Wildman–Crippen LogP) is 7.79. The molecule has 51 heavy (non-hydrogen) atoms. The van der Waals surface area contributed by atoms with E-state index in [0.29, 0.717) is 46.2 Å². The van der Waals surface area contributed by atoms with Crippen LogP contribution in [0.2, 0.25) is 0 Å². The largest absolute Gasteiger partial charge is 0.489 e. The van der Waals surface area contributed by atoms with Crippen molar-refractivity contribution in [1.82, 2.24) is 14.7 Å². The van der Waals surface area contributed by atoms with Gasteiger partial charge >= 0.3 is 0 Å². The highest BCUT2D eigenvalue weighted by Gasteiger charge is 2.36. The van der Waals surface area contributed by atoms with Crippen LogP contribution in [0.4, 0.5) is 0 Å². The Hall–Kier alpha value is -6.92. The lowest BCUT2D eigenvalue weighted by atomic mass is 9.93. The van der Waals surface area contributed by atoms with Gasteiger partial charge in [0, 0.05) is 22.9 Å². The van der Waals surface area contributed by atoms with Gasteiger partial charge < -0.3 is 14.2 Å². The van der Waals surface area contributed by atoms with E-state index >= 15 is 0 Å². The number of imide groups is 1. The van der Waals surface area contributed by atoms with Crippen molar-refractivity contribution in [1.29, 1.82) is 5.26 Å². The number of fused-ring (bicyclic) bond motifs is 2. The summed E-state index contributed by atoms with van der Waals surface area (Å²) >= 11 is 0. The molecule has 6 aromatic rings. The van der Waals surface area contributed by atoms with E-state index in [-0.39, 0.29) is 24.5 Å². The number of nitriles is 1. The Morgan fingerprint density at radius 1 is 0.863 bits per heavy atom. The molecule has 5 aromatic carbocycles. The summed E-state index contributed by atoms with van der Waals surface area (Å²) in [5, 5.41) is 17.3. The summed E-state index contributed by atoms with van der Waals surface area (Å²) in [7, 11) is 0. The minimum absolute atomic E-state index is 0.0412. The van der Waals surface area contributed by atoms with Crippen LogP contribution in [0.1, 0.15) is 23.6 Å². The van der Waals surface area contributed by atoms with Crippen LogP contribution in [0.5, 0.6) is 17.2 Å². The first-order chi connectivity index (χ1) is 25.0. The van der Waals surface area contributed by atoms with E-state index in [1.165, 1.54) is 0 Å². The second-order valence-corrected chi connectivity index (χ2v) is 12.2. The van der Waals surface area contributed by atoms with Gasteiger partial charge in [-0.15, -0.1) is 0 Å². The van der Waals surface area contributed by atoms with Gasteiger partial charge in [0.25, 0.3) is 11.8 Å². The molecule has 9 heteroatoms. The fraction of sp³-hybridized carbons (Fsp3) is 0.0952. The average molecular weight is 671 g/mol. The van der Waals surface area contributed by atoms with Gasteiger partial charge in [-0.05, 0) is 89.0 Å². The van der Waals surface area contributed by atoms with Crippen molar-refractivity contribution in [3.63, 3.8) is 0 Å². The molecule has 0 radical (unpaired) electrons. The number of ether oxygens (including phenoxy) is 3. The van der Waals surface area contributed by atoms with Gasteiger partial charge in [0.2, 0.25) is 6.79 Å². The zero-order valence-corrected chi connectivity index (χ0v) is 27.6. The van der Waals surface area contributed by atoms with Crippen molar-refractivity contribution < 1.29 is 23.8 Å². The first kappa shape index (κ1) is 31.4. The molecule has 0 aliphatic carbocycles. The molecule has 2 aliphatic rings. The molecule has 0 unspecified atom stereocenters. The summed E-state index contributed by atoms with van der Waals surface area (Å²) in [6, 6.07) is 39.0. The molecule has 0 bridgehead atoms. The van der Waals surface area contributed by atoms with E-state index in [1.54, 1.807) is 35.9 Å². The maximum Gasteiger partial charge on any atom is 0.271 e. The van der Waals surface area contributed by atoms with Crippen LogP contribution in [-0.4, -0.2) is 33.3 Å². The third-order valence-corrected chi connectivity index (χ3v) is 9.07. The molecular weight excluding hydrogens is 640 g/mol. The molecule has 0 saturated carbocycles. The Labute approximate surface area is 293 Å². The number of benzene rings is 5. The Kier molecular flexibility index (Phi) is 8.10. The number of carbonyl (C=O) groups excluding carboxylic acids is 2. The minimum atomic E-state index is -0.644. The Morgan fingerprint density at radius 3 is 2.45 bits per heavy atom. The van der Waals surface area contributed by atoms with Crippen LogP contribution < -0.4 is 14.2 Å². The van der Waals surface area contributed by atoms with Gasteiger partial charge in [-0.25, -0.2) is 4.68 Å². The van der Waals surface area contributed by atoms with Gasteiger partial charge in [0.1, 0.15) is 24.0 Å². The first-order valence-corrected chi connectivity index (χ1v) is 16.4. The molecule has 248 valence electrons. The van der Waals surface area contributed by atoms with Gasteiger partial charge in [0.05, 0.1) is 17.9 Å². The van der Waals surface area contributed by atoms with Crippen LogP contribution in [0.3, 0.4) is 0 Å². The standard InChI is InChI=1S/C42H30N4O5/c1-27-36(41(47)45(42(48)37(27)22-43)23-28-14-19-38-39(20-28)51-26-50-38)21-32-24-46(33-11-3-2-4-12-33)44-40(32)30-15-17-34(18-16-30)49-25-31-10-7-9-29-8-5-6-13-35(29)31/h2-21,24H,23,25-26H2,1H3/b36-21+. The molecule has 0 saturated heterocycles. The van der Waals surface area contributed by atoms with Crippen molar-refractivity contribution in [2.24, 2.45) is 0 Å². The third-order valence-electron chi connectivity index (χ3n) is 9.07. The fourth-order valence-corrected chi connectivity index (χ4v) is 6.37. The van der Waals surface area contributed by atoms with Gasteiger partial charge in [-0.1, -0.05) is 66.7 Å². The number of aromatic nitrogens is 2. The number of amides is 2. The molecule has 9 nitrogen and oxygen atoms in total. The summed E-state index contributed by atoms with van der Waals surface area (Å²) in [6.07, 6.45) is 3.55. The molecule has 8 rings (SSSR count). The van der Waals surface area contributed by atoms with E-state index in [1.807, 2.05) is 85.1 Å². The minimum Gasteiger partial charge on any atom is -0.489 e. The maximum atomic E-state index is 14.1. The highest BCUT2D eigenvalue weighted by Crippen LogP contribution is 2.35. The highest BCUT2D eigenvalue weighted by atomic mass is 16.7. The smallest absolute Gasteiger partial charge is 0.271 e. The molecule has 1 aromatic heterocycles. The molecule has 2 amide bonds. The van der Waals surface area contributed by atoms with Crippen LogP contribution in [0, 0.1) is 11.3 Å². The summed E-state index contributed by atoms with van der Waals surface area (Å²) < 4.78 is 18.8. The van der Waals surface area contributed by atoms with Crippen LogP contribution in [-0.2, 0) is 22.7 Å². The van der Waals surface area contributed by atoms with Crippen LogP contribution in [0.15, 0.2) is 138 Å². The normalized spacial score (nSPS) is 14.7. The lowest BCUT2D eigenvalue weighted by molar-refractivity contribution is -0.141. The number of carbonyl (C=O) groups is 2. The molecule has 0 spiro atoms.